The number of nitrogens with zero attached hydrogens (tertiary/aromatic N) is 1. The molecule has 1 heterocycles. The second-order valence-electron chi connectivity index (χ2n) is 5.71. The van der Waals surface area contributed by atoms with Crippen LogP contribution in [0.25, 0.3) is 0 Å². The average Bonchev–Trinajstić information content (AvgIpc) is 3.02. The SMILES string of the molecule is COc1ccc(OCCNc2ccc3c(c2)CCN3C(C)=O)cc1. The lowest BCUT2D eigenvalue weighted by Crippen LogP contribution is -2.25. The summed E-state index contributed by atoms with van der Waals surface area (Å²) in [6, 6.07) is 13.7. The monoisotopic (exact) mass is 326 g/mol. The van der Waals surface area contributed by atoms with E-state index in [1.165, 1.54) is 5.56 Å². The molecule has 24 heavy (non-hydrogen) atoms. The minimum Gasteiger partial charge on any atom is -0.497 e. The van der Waals surface area contributed by atoms with Crippen LogP contribution in [0.2, 0.25) is 0 Å². The van der Waals surface area contributed by atoms with E-state index in [9.17, 15) is 4.79 Å². The highest BCUT2D eigenvalue weighted by Gasteiger charge is 2.21. The van der Waals surface area contributed by atoms with Crippen molar-refractivity contribution in [3.05, 3.63) is 48.0 Å². The Morgan fingerprint density at radius 1 is 1.17 bits per heavy atom. The lowest BCUT2D eigenvalue weighted by molar-refractivity contribution is -0.116. The Hall–Kier alpha value is -2.69. The van der Waals surface area contributed by atoms with Crippen molar-refractivity contribution < 1.29 is 14.3 Å². The Bertz CT molecular complexity index is 713. The summed E-state index contributed by atoms with van der Waals surface area (Å²) in [7, 11) is 1.64. The van der Waals surface area contributed by atoms with Crippen LogP contribution in [0.1, 0.15) is 12.5 Å². The van der Waals surface area contributed by atoms with E-state index in [0.29, 0.717) is 13.2 Å². The van der Waals surface area contributed by atoms with Crippen molar-refractivity contribution in [1.82, 2.24) is 0 Å². The zero-order chi connectivity index (χ0) is 16.9. The minimum absolute atomic E-state index is 0.0994. The van der Waals surface area contributed by atoms with Gasteiger partial charge in [0.1, 0.15) is 18.1 Å². The maximum atomic E-state index is 11.6. The highest BCUT2D eigenvalue weighted by Crippen LogP contribution is 2.30. The third kappa shape index (κ3) is 3.62. The number of nitrogens with one attached hydrogen (secondary N) is 1. The normalized spacial score (nSPS) is 12.7. The zero-order valence-corrected chi connectivity index (χ0v) is 14.0. The molecule has 2 aromatic rings. The molecule has 5 heteroatoms. The number of carbonyl (C=O) groups is 1. The van der Waals surface area contributed by atoms with Crippen LogP contribution in [0.5, 0.6) is 11.5 Å². The van der Waals surface area contributed by atoms with E-state index in [-0.39, 0.29) is 5.91 Å². The molecule has 5 nitrogen and oxygen atoms in total. The first-order valence-electron chi connectivity index (χ1n) is 8.09. The van der Waals surface area contributed by atoms with Gasteiger partial charge in [-0.15, -0.1) is 0 Å². The molecular formula is C19H22N2O3. The van der Waals surface area contributed by atoms with Crippen LogP contribution in [0, 0.1) is 0 Å². The van der Waals surface area contributed by atoms with Crippen molar-refractivity contribution in [3.8, 4) is 11.5 Å². The predicted octanol–water partition coefficient (Wildman–Crippen LogP) is 3.10. The van der Waals surface area contributed by atoms with E-state index in [2.05, 4.69) is 11.4 Å². The molecule has 0 radical (unpaired) electrons. The van der Waals surface area contributed by atoms with Gasteiger partial charge in [-0.3, -0.25) is 4.79 Å². The van der Waals surface area contributed by atoms with Crippen molar-refractivity contribution in [2.75, 3.05) is 37.0 Å². The Balaban J connectivity index is 1.49. The first-order chi connectivity index (χ1) is 11.7. The van der Waals surface area contributed by atoms with Gasteiger partial charge in [-0.25, -0.2) is 0 Å². The number of amides is 1. The maximum absolute atomic E-state index is 11.6. The first kappa shape index (κ1) is 16.2. The number of benzene rings is 2. The van der Waals surface area contributed by atoms with Gasteiger partial charge in [0.25, 0.3) is 0 Å². The molecule has 0 bridgehead atoms. The number of hydrogen-bond acceptors (Lipinski definition) is 4. The standard InChI is InChI=1S/C19H22N2O3/c1-14(22)21-11-9-15-13-16(3-8-19(15)21)20-10-12-24-18-6-4-17(23-2)5-7-18/h3-8,13,20H,9-12H2,1-2H3. The van der Waals surface area contributed by atoms with E-state index in [1.54, 1.807) is 14.0 Å². The smallest absolute Gasteiger partial charge is 0.223 e. The fraction of sp³-hybridized carbons (Fsp3) is 0.316. The van der Waals surface area contributed by atoms with E-state index >= 15 is 0 Å². The molecule has 0 unspecified atom stereocenters. The van der Waals surface area contributed by atoms with Gasteiger partial charge in [0.2, 0.25) is 5.91 Å². The van der Waals surface area contributed by atoms with Crippen molar-refractivity contribution >= 4 is 17.3 Å². The molecule has 0 atom stereocenters. The van der Waals surface area contributed by atoms with Gasteiger partial charge >= 0.3 is 0 Å². The number of anilines is 2. The highest BCUT2D eigenvalue weighted by atomic mass is 16.5. The lowest BCUT2D eigenvalue weighted by atomic mass is 10.1. The van der Waals surface area contributed by atoms with Gasteiger partial charge in [0, 0.05) is 31.4 Å². The summed E-state index contributed by atoms with van der Waals surface area (Å²) in [4.78, 5) is 13.4. The molecular weight excluding hydrogens is 304 g/mol. The van der Waals surface area contributed by atoms with E-state index < -0.39 is 0 Å². The van der Waals surface area contributed by atoms with Crippen molar-refractivity contribution in [2.24, 2.45) is 0 Å². The third-order valence-electron chi connectivity index (χ3n) is 4.11. The number of hydrogen-bond donors (Lipinski definition) is 1. The molecule has 0 saturated carbocycles. The van der Waals surface area contributed by atoms with Crippen LogP contribution in [0.3, 0.4) is 0 Å². The topological polar surface area (TPSA) is 50.8 Å². The molecule has 126 valence electrons. The summed E-state index contributed by atoms with van der Waals surface area (Å²) >= 11 is 0. The second kappa shape index (κ2) is 7.25. The van der Waals surface area contributed by atoms with Crippen LogP contribution < -0.4 is 19.7 Å². The average molecular weight is 326 g/mol. The zero-order valence-electron chi connectivity index (χ0n) is 14.0. The number of rotatable bonds is 6. The van der Waals surface area contributed by atoms with Crippen molar-refractivity contribution in [2.45, 2.75) is 13.3 Å². The molecule has 1 aliphatic heterocycles. The summed E-state index contributed by atoms with van der Waals surface area (Å²) in [5.74, 6) is 1.74. The van der Waals surface area contributed by atoms with E-state index in [1.807, 2.05) is 41.3 Å². The maximum Gasteiger partial charge on any atom is 0.223 e. The fourth-order valence-corrected chi connectivity index (χ4v) is 2.88. The summed E-state index contributed by atoms with van der Waals surface area (Å²) in [6.07, 6.45) is 0.910. The molecule has 0 aliphatic carbocycles. The molecule has 1 N–H and O–H groups in total. The molecule has 0 aromatic heterocycles. The lowest BCUT2D eigenvalue weighted by Gasteiger charge is -2.15. The second-order valence-corrected chi connectivity index (χ2v) is 5.71. The minimum atomic E-state index is 0.0994. The highest BCUT2D eigenvalue weighted by molar-refractivity contribution is 5.94. The van der Waals surface area contributed by atoms with Crippen LogP contribution in [0.15, 0.2) is 42.5 Å². The number of carbonyl (C=O) groups excluding carboxylic acids is 1. The van der Waals surface area contributed by atoms with Gasteiger partial charge in [0.15, 0.2) is 0 Å². The first-order valence-corrected chi connectivity index (χ1v) is 8.09. The molecule has 2 aromatic carbocycles. The van der Waals surface area contributed by atoms with Crippen LogP contribution in [-0.2, 0) is 11.2 Å². The van der Waals surface area contributed by atoms with Crippen LogP contribution >= 0.6 is 0 Å². The van der Waals surface area contributed by atoms with Crippen LogP contribution in [-0.4, -0.2) is 32.7 Å². The third-order valence-corrected chi connectivity index (χ3v) is 4.11. The van der Waals surface area contributed by atoms with Gasteiger partial charge in [-0.2, -0.15) is 0 Å². The number of methoxy groups -OCH3 is 1. The largest absolute Gasteiger partial charge is 0.497 e. The van der Waals surface area contributed by atoms with E-state index in [0.717, 1.165) is 35.8 Å². The summed E-state index contributed by atoms with van der Waals surface area (Å²) in [5, 5.41) is 3.36. The Morgan fingerprint density at radius 2 is 1.92 bits per heavy atom. The summed E-state index contributed by atoms with van der Waals surface area (Å²) < 4.78 is 10.8. The van der Waals surface area contributed by atoms with E-state index in [4.69, 9.17) is 9.47 Å². The molecule has 3 rings (SSSR count). The Kier molecular flexibility index (Phi) is 4.89. The van der Waals surface area contributed by atoms with Crippen LogP contribution in [0.4, 0.5) is 11.4 Å². The molecule has 0 fully saturated rings. The Morgan fingerprint density at radius 3 is 2.62 bits per heavy atom. The molecule has 0 saturated heterocycles. The van der Waals surface area contributed by atoms with Gasteiger partial charge in [-0.1, -0.05) is 0 Å². The predicted molar refractivity (Wildman–Crippen MR) is 95.2 cm³/mol. The van der Waals surface area contributed by atoms with Crippen molar-refractivity contribution in [1.29, 1.82) is 0 Å². The van der Waals surface area contributed by atoms with Gasteiger partial charge in [-0.05, 0) is 54.4 Å². The fourth-order valence-electron chi connectivity index (χ4n) is 2.88. The quantitative estimate of drug-likeness (QED) is 0.829. The molecule has 1 amide bonds. The number of ether oxygens (including phenoxy) is 2. The summed E-state index contributed by atoms with van der Waals surface area (Å²) in [6.45, 7) is 3.66. The number of fused-ring (bicyclic) bond motifs is 1. The Labute approximate surface area is 142 Å². The summed E-state index contributed by atoms with van der Waals surface area (Å²) in [5.41, 5.74) is 3.30. The van der Waals surface area contributed by atoms with Crippen molar-refractivity contribution in [3.63, 3.8) is 0 Å². The van der Waals surface area contributed by atoms with Gasteiger partial charge < -0.3 is 19.7 Å². The molecule has 1 aliphatic rings. The van der Waals surface area contributed by atoms with Gasteiger partial charge in [0.05, 0.1) is 7.11 Å². The molecule has 0 spiro atoms.